The zero-order valence-electron chi connectivity index (χ0n) is 12.6. The van der Waals surface area contributed by atoms with Crippen molar-refractivity contribution in [2.75, 3.05) is 0 Å². The number of phenolic OH excluding ortho intramolecular Hbond substituents is 1. The van der Waals surface area contributed by atoms with E-state index in [1.54, 1.807) is 12.1 Å². The maximum Gasteiger partial charge on any atom is 0.165 e. The first kappa shape index (κ1) is 14.7. The van der Waals surface area contributed by atoms with E-state index in [1.807, 2.05) is 34.9 Å². The molecule has 0 unspecified atom stereocenters. The minimum atomic E-state index is 0.210. The predicted octanol–water partition coefficient (Wildman–Crippen LogP) is 3.90. The number of benzene rings is 2. The summed E-state index contributed by atoms with van der Waals surface area (Å²) in [6.45, 7) is 0.612. The second-order valence-electron chi connectivity index (χ2n) is 5.39. The fourth-order valence-electron chi connectivity index (χ4n) is 2.66. The van der Waals surface area contributed by atoms with E-state index in [2.05, 4.69) is 27.1 Å². The molecule has 0 fully saturated rings. The number of aromatic hydroxyl groups is 1. The number of halogens is 1. The summed E-state index contributed by atoms with van der Waals surface area (Å²) in [5, 5.41) is 9.85. The Morgan fingerprint density at radius 2 is 1.71 bits per heavy atom. The van der Waals surface area contributed by atoms with Gasteiger partial charge < -0.3 is 9.67 Å². The molecule has 0 spiro atoms. The first-order valence-corrected chi connectivity index (χ1v) is 7.80. The van der Waals surface area contributed by atoms with Crippen LogP contribution in [0.4, 0.5) is 0 Å². The molecule has 24 heavy (non-hydrogen) atoms. The van der Waals surface area contributed by atoms with Gasteiger partial charge in [0, 0.05) is 5.56 Å². The van der Waals surface area contributed by atoms with Crippen LogP contribution < -0.4 is 0 Å². The average Bonchev–Trinajstić information content (AvgIpc) is 2.97. The van der Waals surface area contributed by atoms with Crippen molar-refractivity contribution in [2.24, 2.45) is 0 Å². The van der Waals surface area contributed by atoms with Crippen molar-refractivity contribution in [3.63, 3.8) is 0 Å². The van der Waals surface area contributed by atoms with Gasteiger partial charge in [0.2, 0.25) is 0 Å². The van der Waals surface area contributed by atoms with E-state index in [0.29, 0.717) is 22.9 Å². The summed E-state index contributed by atoms with van der Waals surface area (Å²) in [6, 6.07) is 17.0. The molecule has 0 aliphatic rings. The van der Waals surface area contributed by atoms with Crippen LogP contribution in [0.5, 0.6) is 5.75 Å². The number of nitrogens with zero attached hydrogens (tertiary/aromatic N) is 4. The molecular weight excluding hydrogens is 324 g/mol. The van der Waals surface area contributed by atoms with Crippen molar-refractivity contribution in [3.8, 4) is 17.1 Å². The first-order valence-electron chi connectivity index (χ1n) is 7.42. The van der Waals surface area contributed by atoms with Crippen molar-refractivity contribution in [1.29, 1.82) is 0 Å². The highest BCUT2D eigenvalue weighted by atomic mass is 35.5. The molecule has 0 radical (unpaired) electrons. The number of hydrogen-bond acceptors (Lipinski definition) is 4. The fraction of sp³-hybridized carbons (Fsp3) is 0.0556. The Kier molecular flexibility index (Phi) is 3.63. The molecule has 0 bridgehead atoms. The maximum atomic E-state index is 9.52. The third kappa shape index (κ3) is 2.59. The Hall–Kier alpha value is -2.92. The minimum Gasteiger partial charge on any atom is -0.508 e. The van der Waals surface area contributed by atoms with Gasteiger partial charge in [-0.25, -0.2) is 15.0 Å². The van der Waals surface area contributed by atoms with Crippen LogP contribution in [0.2, 0.25) is 5.15 Å². The molecule has 4 rings (SSSR count). The van der Waals surface area contributed by atoms with E-state index in [9.17, 15) is 5.11 Å². The van der Waals surface area contributed by atoms with Crippen LogP contribution in [-0.4, -0.2) is 24.6 Å². The second-order valence-corrected chi connectivity index (χ2v) is 5.75. The van der Waals surface area contributed by atoms with E-state index in [1.165, 1.54) is 6.33 Å². The smallest absolute Gasteiger partial charge is 0.165 e. The van der Waals surface area contributed by atoms with Crippen LogP contribution in [0, 0.1) is 0 Å². The molecule has 4 aromatic rings. The number of aromatic nitrogens is 4. The number of rotatable bonds is 3. The third-order valence-corrected chi connectivity index (χ3v) is 4.07. The van der Waals surface area contributed by atoms with Gasteiger partial charge in [-0.15, -0.1) is 0 Å². The standard InChI is InChI=1S/C18H13ClN4O/c19-16-15-18(21-11-20-16)23(10-12-4-2-1-3-5-12)17(22-15)13-6-8-14(24)9-7-13/h1-9,11,24H,10H2. The molecule has 118 valence electrons. The average molecular weight is 337 g/mol. The molecule has 0 saturated carbocycles. The monoisotopic (exact) mass is 336 g/mol. The van der Waals surface area contributed by atoms with Gasteiger partial charge in [-0.3, -0.25) is 0 Å². The van der Waals surface area contributed by atoms with Gasteiger partial charge in [0.05, 0.1) is 6.54 Å². The second kappa shape index (κ2) is 5.94. The molecule has 5 nitrogen and oxygen atoms in total. The highest BCUT2D eigenvalue weighted by molar-refractivity contribution is 6.33. The van der Waals surface area contributed by atoms with Gasteiger partial charge in [0.25, 0.3) is 0 Å². The van der Waals surface area contributed by atoms with Crippen LogP contribution in [-0.2, 0) is 6.54 Å². The summed E-state index contributed by atoms with van der Waals surface area (Å²) in [4.78, 5) is 13.0. The highest BCUT2D eigenvalue weighted by Crippen LogP contribution is 2.28. The van der Waals surface area contributed by atoms with E-state index in [0.717, 1.165) is 17.0 Å². The molecule has 2 aromatic heterocycles. The Morgan fingerprint density at radius 3 is 2.46 bits per heavy atom. The maximum absolute atomic E-state index is 9.52. The van der Waals surface area contributed by atoms with Gasteiger partial charge in [-0.1, -0.05) is 41.9 Å². The highest BCUT2D eigenvalue weighted by Gasteiger charge is 2.16. The van der Waals surface area contributed by atoms with E-state index < -0.39 is 0 Å². The quantitative estimate of drug-likeness (QED) is 0.576. The van der Waals surface area contributed by atoms with Gasteiger partial charge in [-0.2, -0.15) is 0 Å². The molecular formula is C18H13ClN4O. The summed E-state index contributed by atoms with van der Waals surface area (Å²) >= 11 is 6.19. The van der Waals surface area contributed by atoms with Crippen molar-refractivity contribution < 1.29 is 5.11 Å². The van der Waals surface area contributed by atoms with Crippen LogP contribution in [0.15, 0.2) is 60.9 Å². The summed E-state index contributed by atoms with van der Waals surface area (Å²) in [5.41, 5.74) is 3.25. The van der Waals surface area contributed by atoms with Crippen molar-refractivity contribution in [1.82, 2.24) is 19.5 Å². The summed E-state index contributed by atoms with van der Waals surface area (Å²) in [7, 11) is 0. The van der Waals surface area contributed by atoms with Gasteiger partial charge in [-0.05, 0) is 29.8 Å². The van der Waals surface area contributed by atoms with E-state index in [-0.39, 0.29) is 5.75 Å². The lowest BCUT2D eigenvalue weighted by Gasteiger charge is -2.09. The molecule has 0 atom stereocenters. The lowest BCUT2D eigenvalue weighted by atomic mass is 10.2. The normalized spacial score (nSPS) is 11.0. The molecule has 6 heteroatoms. The van der Waals surface area contributed by atoms with E-state index >= 15 is 0 Å². The van der Waals surface area contributed by atoms with Crippen molar-refractivity contribution in [2.45, 2.75) is 6.54 Å². The molecule has 2 heterocycles. The summed E-state index contributed by atoms with van der Waals surface area (Å²) < 4.78 is 2.00. The van der Waals surface area contributed by atoms with E-state index in [4.69, 9.17) is 11.6 Å². The SMILES string of the molecule is Oc1ccc(-c2nc3c(Cl)ncnc3n2Cc2ccccc2)cc1. The van der Waals surface area contributed by atoms with Crippen molar-refractivity contribution in [3.05, 3.63) is 71.6 Å². The topological polar surface area (TPSA) is 63.8 Å². The Balaban J connectivity index is 1.93. The Bertz CT molecular complexity index is 997. The Labute approximate surface area is 143 Å². The lowest BCUT2D eigenvalue weighted by molar-refractivity contribution is 0.475. The minimum absolute atomic E-state index is 0.210. The molecule has 1 N–H and O–H groups in total. The van der Waals surface area contributed by atoms with Gasteiger partial charge in [0.1, 0.15) is 23.4 Å². The molecule has 0 aliphatic carbocycles. The summed E-state index contributed by atoms with van der Waals surface area (Å²) in [6.07, 6.45) is 1.44. The summed E-state index contributed by atoms with van der Waals surface area (Å²) in [5.74, 6) is 0.943. The lowest BCUT2D eigenvalue weighted by Crippen LogP contribution is -2.03. The molecule has 0 saturated heterocycles. The van der Waals surface area contributed by atoms with Gasteiger partial charge >= 0.3 is 0 Å². The van der Waals surface area contributed by atoms with Crippen LogP contribution >= 0.6 is 11.6 Å². The molecule has 0 amide bonds. The van der Waals surface area contributed by atoms with Crippen molar-refractivity contribution >= 4 is 22.8 Å². The zero-order valence-corrected chi connectivity index (χ0v) is 13.4. The van der Waals surface area contributed by atoms with Gasteiger partial charge in [0.15, 0.2) is 10.8 Å². The molecule has 2 aromatic carbocycles. The Morgan fingerprint density at radius 1 is 0.958 bits per heavy atom. The third-order valence-electron chi connectivity index (χ3n) is 3.80. The number of imidazole rings is 1. The predicted molar refractivity (Wildman–Crippen MR) is 93.0 cm³/mol. The number of fused-ring (bicyclic) bond motifs is 1. The number of hydrogen-bond donors (Lipinski definition) is 1. The fourth-order valence-corrected chi connectivity index (χ4v) is 2.83. The van der Waals surface area contributed by atoms with Crippen LogP contribution in [0.25, 0.3) is 22.6 Å². The zero-order chi connectivity index (χ0) is 16.5. The van der Waals surface area contributed by atoms with Crippen LogP contribution in [0.3, 0.4) is 0 Å². The van der Waals surface area contributed by atoms with Crippen LogP contribution in [0.1, 0.15) is 5.56 Å². The largest absolute Gasteiger partial charge is 0.508 e. The molecule has 0 aliphatic heterocycles. The first-order chi connectivity index (χ1) is 11.7. The number of phenols is 1.